The molecule has 0 aromatic rings. The Kier molecular flexibility index (Phi) is 32.4. The van der Waals surface area contributed by atoms with Crippen molar-refractivity contribution in [1.82, 2.24) is 0 Å². The molecular formula is C38H72O5. The summed E-state index contributed by atoms with van der Waals surface area (Å²) in [6.45, 7) is 6.47. The van der Waals surface area contributed by atoms with E-state index < -0.39 is 17.7 Å². The van der Waals surface area contributed by atoms with Crippen LogP contribution in [0.4, 0.5) is 0 Å². The molecular weight excluding hydrogens is 536 g/mol. The van der Waals surface area contributed by atoms with Crippen molar-refractivity contribution in [1.29, 1.82) is 0 Å². The van der Waals surface area contributed by atoms with Crippen LogP contribution >= 0.6 is 0 Å². The second-order valence-corrected chi connectivity index (χ2v) is 13.0. The number of rotatable bonds is 33. The van der Waals surface area contributed by atoms with Crippen molar-refractivity contribution in [2.45, 2.75) is 220 Å². The van der Waals surface area contributed by atoms with Crippen molar-refractivity contribution < 1.29 is 24.2 Å². The van der Waals surface area contributed by atoms with Crippen LogP contribution in [-0.2, 0) is 24.2 Å². The van der Waals surface area contributed by atoms with Crippen molar-refractivity contribution >= 4 is 17.7 Å². The van der Waals surface area contributed by atoms with Crippen LogP contribution in [0.25, 0.3) is 0 Å². The average Bonchev–Trinajstić information content (AvgIpc) is 3.01. The number of ketones is 1. The van der Waals surface area contributed by atoms with Crippen molar-refractivity contribution in [3.63, 3.8) is 0 Å². The molecule has 0 aliphatic rings. The first-order chi connectivity index (χ1) is 21.1. The Bertz CT molecular complexity index is 632. The second-order valence-electron chi connectivity index (χ2n) is 13.0. The van der Waals surface area contributed by atoms with Gasteiger partial charge in [0.15, 0.2) is 0 Å². The maximum absolute atomic E-state index is 12.4. The van der Waals surface area contributed by atoms with Crippen molar-refractivity contribution in [3.05, 3.63) is 0 Å². The first kappa shape index (κ1) is 41.6. The Balaban J connectivity index is 3.64. The van der Waals surface area contributed by atoms with Crippen LogP contribution in [-0.4, -0.2) is 17.7 Å². The Morgan fingerprint density at radius 2 is 0.744 bits per heavy atom. The summed E-state index contributed by atoms with van der Waals surface area (Å²) in [6, 6.07) is 0. The zero-order valence-corrected chi connectivity index (χ0v) is 29.0. The summed E-state index contributed by atoms with van der Waals surface area (Å²) in [5.41, 5.74) is 0. The van der Waals surface area contributed by atoms with Gasteiger partial charge in [0.1, 0.15) is 0 Å². The first-order valence-electron chi connectivity index (χ1n) is 19.0. The van der Waals surface area contributed by atoms with Gasteiger partial charge in [-0.25, -0.2) is 19.4 Å². The molecule has 0 rings (SSSR count). The number of Topliss-reactive ketones (excluding diaryl/α,β-unsaturated/α-hetero) is 1. The van der Waals surface area contributed by atoms with Crippen LogP contribution in [0.15, 0.2) is 0 Å². The third-order valence-electron chi connectivity index (χ3n) is 8.92. The van der Waals surface area contributed by atoms with Crippen molar-refractivity contribution in [3.8, 4) is 0 Å². The van der Waals surface area contributed by atoms with E-state index in [9.17, 15) is 14.4 Å². The highest BCUT2D eigenvalue weighted by Crippen LogP contribution is 2.18. The molecule has 0 fully saturated rings. The number of carbonyl (C=O) groups excluding carboxylic acids is 3. The Morgan fingerprint density at radius 1 is 0.419 bits per heavy atom. The Morgan fingerprint density at radius 3 is 1.09 bits per heavy atom. The minimum Gasteiger partial charge on any atom is -0.287 e. The zero-order valence-electron chi connectivity index (χ0n) is 29.0. The highest BCUT2D eigenvalue weighted by atomic mass is 17.2. The fourth-order valence-corrected chi connectivity index (χ4v) is 5.85. The van der Waals surface area contributed by atoms with Crippen LogP contribution in [0.5, 0.6) is 0 Å². The predicted molar refractivity (Wildman–Crippen MR) is 181 cm³/mol. The summed E-state index contributed by atoms with van der Waals surface area (Å²) in [6.07, 6.45) is 37.1. The van der Waals surface area contributed by atoms with Gasteiger partial charge < -0.3 is 0 Å². The monoisotopic (exact) mass is 609 g/mol. The summed E-state index contributed by atoms with van der Waals surface area (Å²) < 4.78 is 0. The van der Waals surface area contributed by atoms with Gasteiger partial charge in [-0.3, -0.25) is 4.79 Å². The van der Waals surface area contributed by atoms with Gasteiger partial charge in [-0.15, -0.1) is 0 Å². The van der Waals surface area contributed by atoms with Gasteiger partial charge in [0.25, 0.3) is 0 Å². The normalized spacial score (nSPS) is 11.9. The molecule has 0 amide bonds. The van der Waals surface area contributed by atoms with Crippen molar-refractivity contribution in [2.75, 3.05) is 0 Å². The summed E-state index contributed by atoms with van der Waals surface area (Å²) >= 11 is 0. The van der Waals surface area contributed by atoms with Gasteiger partial charge >= 0.3 is 11.9 Å². The Labute approximate surface area is 267 Å². The molecule has 0 bridgehead atoms. The van der Waals surface area contributed by atoms with E-state index in [1.807, 2.05) is 6.92 Å². The SMILES string of the molecule is CCCCCCCCCCCCCCCCC(=O)C(=O)OOC(=O)C(CC)CCCCCCCCCCCCCCCC. The van der Waals surface area contributed by atoms with Crippen LogP contribution in [0.3, 0.4) is 0 Å². The third kappa shape index (κ3) is 29.1. The second kappa shape index (κ2) is 33.5. The van der Waals surface area contributed by atoms with E-state index in [0.29, 0.717) is 12.8 Å². The molecule has 1 atom stereocenters. The van der Waals surface area contributed by atoms with Gasteiger partial charge in [-0.2, -0.15) is 0 Å². The first-order valence-corrected chi connectivity index (χ1v) is 19.0. The molecule has 5 heteroatoms. The fraction of sp³-hybridized carbons (Fsp3) is 0.921. The van der Waals surface area contributed by atoms with Gasteiger partial charge in [0.05, 0.1) is 5.92 Å². The highest BCUT2D eigenvalue weighted by molar-refractivity contribution is 6.33. The molecule has 43 heavy (non-hydrogen) atoms. The van der Waals surface area contributed by atoms with Gasteiger partial charge in [0, 0.05) is 6.42 Å². The van der Waals surface area contributed by atoms with Crippen LogP contribution in [0, 0.1) is 5.92 Å². The third-order valence-corrected chi connectivity index (χ3v) is 8.92. The summed E-state index contributed by atoms with van der Waals surface area (Å²) in [4.78, 5) is 45.8. The largest absolute Gasteiger partial charge is 0.421 e. The summed E-state index contributed by atoms with van der Waals surface area (Å²) in [5, 5.41) is 0. The van der Waals surface area contributed by atoms with Gasteiger partial charge in [0.2, 0.25) is 5.78 Å². The molecule has 0 heterocycles. The van der Waals surface area contributed by atoms with Gasteiger partial charge in [-0.05, 0) is 19.3 Å². The number of unbranched alkanes of at least 4 members (excludes halogenated alkanes) is 26. The van der Waals surface area contributed by atoms with E-state index >= 15 is 0 Å². The molecule has 5 nitrogen and oxygen atoms in total. The molecule has 1 unspecified atom stereocenters. The molecule has 0 radical (unpaired) electrons. The molecule has 0 saturated heterocycles. The van der Waals surface area contributed by atoms with E-state index in [0.717, 1.165) is 32.1 Å². The van der Waals surface area contributed by atoms with Crippen LogP contribution < -0.4 is 0 Å². The molecule has 0 aromatic carbocycles. The minimum atomic E-state index is -1.05. The lowest BCUT2D eigenvalue weighted by Crippen LogP contribution is -2.23. The average molecular weight is 609 g/mol. The molecule has 254 valence electrons. The van der Waals surface area contributed by atoms with Crippen LogP contribution in [0.2, 0.25) is 0 Å². The van der Waals surface area contributed by atoms with E-state index in [1.54, 1.807) is 0 Å². The minimum absolute atomic E-state index is 0.157. The predicted octanol–water partition coefficient (Wildman–Crippen LogP) is 12.3. The summed E-state index contributed by atoms with van der Waals surface area (Å²) in [7, 11) is 0. The van der Waals surface area contributed by atoms with Crippen LogP contribution in [0.1, 0.15) is 220 Å². The maximum Gasteiger partial charge on any atom is 0.421 e. The fourth-order valence-electron chi connectivity index (χ4n) is 5.85. The molecule has 0 spiro atoms. The molecule has 0 aliphatic heterocycles. The molecule has 0 aromatic heterocycles. The zero-order chi connectivity index (χ0) is 31.6. The number of hydrogen-bond acceptors (Lipinski definition) is 5. The smallest absolute Gasteiger partial charge is 0.287 e. The lowest BCUT2D eigenvalue weighted by atomic mass is 9.98. The number of carbonyl (C=O) groups is 3. The molecule has 0 N–H and O–H groups in total. The van der Waals surface area contributed by atoms with Crippen molar-refractivity contribution in [2.24, 2.45) is 5.92 Å². The molecule has 0 saturated carbocycles. The van der Waals surface area contributed by atoms with E-state index in [-0.39, 0.29) is 12.3 Å². The van der Waals surface area contributed by atoms with Gasteiger partial charge in [-0.1, -0.05) is 194 Å². The number of hydrogen-bond donors (Lipinski definition) is 0. The molecule has 0 aliphatic carbocycles. The van der Waals surface area contributed by atoms with E-state index in [1.165, 1.54) is 148 Å². The highest BCUT2D eigenvalue weighted by Gasteiger charge is 2.23. The van der Waals surface area contributed by atoms with E-state index in [4.69, 9.17) is 4.89 Å². The maximum atomic E-state index is 12.4. The Hall–Kier alpha value is -1.39. The summed E-state index contributed by atoms with van der Waals surface area (Å²) in [5.74, 6) is -2.47. The lowest BCUT2D eigenvalue weighted by Gasteiger charge is -2.12. The lowest BCUT2D eigenvalue weighted by molar-refractivity contribution is -0.260. The standard InChI is InChI=1S/C38H72O5/c1-4-7-9-11-13-15-17-19-21-23-25-27-29-31-33-35(6-3)37(40)42-43-38(41)36(39)34-32-30-28-26-24-22-20-18-16-14-12-10-8-5-2/h35H,4-34H2,1-3H3. The quantitative estimate of drug-likeness (QED) is 0.0321. The van der Waals surface area contributed by atoms with E-state index in [2.05, 4.69) is 18.7 Å². The topological polar surface area (TPSA) is 69.7 Å².